The van der Waals surface area contributed by atoms with Gasteiger partial charge in [-0.3, -0.25) is 4.79 Å². The van der Waals surface area contributed by atoms with Gasteiger partial charge in [-0.15, -0.1) is 0 Å². The van der Waals surface area contributed by atoms with Crippen molar-refractivity contribution in [1.82, 2.24) is 4.90 Å². The highest BCUT2D eigenvalue weighted by molar-refractivity contribution is 5.79. The van der Waals surface area contributed by atoms with Crippen LogP contribution in [0.5, 0.6) is 0 Å². The van der Waals surface area contributed by atoms with E-state index < -0.39 is 0 Å². The molecule has 0 radical (unpaired) electrons. The molecule has 1 aliphatic heterocycles. The van der Waals surface area contributed by atoms with E-state index in [9.17, 15) is 4.79 Å². The van der Waals surface area contributed by atoms with Gasteiger partial charge in [0.05, 0.1) is 0 Å². The Morgan fingerprint density at radius 1 is 1.29 bits per heavy atom. The number of hydrogen-bond donors (Lipinski definition) is 0. The van der Waals surface area contributed by atoms with E-state index in [4.69, 9.17) is 0 Å². The summed E-state index contributed by atoms with van der Waals surface area (Å²) in [6.45, 7) is 3.20. The van der Waals surface area contributed by atoms with E-state index in [1.54, 1.807) is 0 Å². The molecule has 1 atom stereocenters. The van der Waals surface area contributed by atoms with Crippen LogP contribution in [-0.4, -0.2) is 30.3 Å². The molecule has 0 aromatic heterocycles. The largest absolute Gasteiger partial charge is 0.302 e. The lowest BCUT2D eigenvalue weighted by Gasteiger charge is -2.30. The summed E-state index contributed by atoms with van der Waals surface area (Å²) in [6, 6.07) is 0. The van der Waals surface area contributed by atoms with Crippen molar-refractivity contribution in [2.75, 3.05) is 19.6 Å². The Hall–Kier alpha value is -0.630. The summed E-state index contributed by atoms with van der Waals surface area (Å²) in [5.74, 6) is 1.29. The van der Waals surface area contributed by atoms with Crippen LogP contribution in [-0.2, 0) is 4.79 Å². The lowest BCUT2D eigenvalue weighted by Crippen LogP contribution is -2.37. The Kier molecular flexibility index (Phi) is 3.35. The van der Waals surface area contributed by atoms with Crippen LogP contribution in [0.3, 0.4) is 0 Å². The van der Waals surface area contributed by atoms with Crippen molar-refractivity contribution >= 4 is 5.78 Å². The molecule has 1 heterocycles. The molecule has 2 aliphatic rings. The van der Waals surface area contributed by atoms with Gasteiger partial charge in [0, 0.05) is 32.5 Å². The predicted octanol–water partition coefficient (Wildman–Crippen LogP) is 2.01. The van der Waals surface area contributed by atoms with Crippen LogP contribution >= 0.6 is 0 Å². The normalized spacial score (nSPS) is 29.4. The van der Waals surface area contributed by atoms with Gasteiger partial charge in [0.2, 0.25) is 0 Å². The van der Waals surface area contributed by atoms with Gasteiger partial charge in [-0.05, 0) is 25.2 Å². The first-order valence-corrected chi connectivity index (χ1v) is 5.73. The first-order chi connectivity index (χ1) is 6.84. The van der Waals surface area contributed by atoms with Crippen LogP contribution in [0.2, 0.25) is 0 Å². The lowest BCUT2D eigenvalue weighted by molar-refractivity contribution is -0.121. The van der Waals surface area contributed by atoms with Crippen molar-refractivity contribution in [3.63, 3.8) is 0 Å². The highest BCUT2D eigenvalue weighted by Crippen LogP contribution is 2.20. The molecule has 0 aromatic carbocycles. The summed E-state index contributed by atoms with van der Waals surface area (Å²) >= 11 is 0. The lowest BCUT2D eigenvalue weighted by atomic mass is 9.93. The maximum Gasteiger partial charge on any atom is 0.135 e. The van der Waals surface area contributed by atoms with Crippen LogP contribution in [0.1, 0.15) is 32.1 Å². The van der Waals surface area contributed by atoms with Crippen LogP contribution in [0.4, 0.5) is 0 Å². The first-order valence-electron chi connectivity index (χ1n) is 5.73. The number of piperidine rings is 1. The van der Waals surface area contributed by atoms with Gasteiger partial charge >= 0.3 is 0 Å². The second-order valence-corrected chi connectivity index (χ2v) is 4.49. The van der Waals surface area contributed by atoms with Gasteiger partial charge < -0.3 is 4.90 Å². The minimum atomic E-state index is 0.449. The maximum atomic E-state index is 11.1. The van der Waals surface area contributed by atoms with E-state index in [0.29, 0.717) is 5.78 Å². The molecule has 2 rings (SSSR count). The van der Waals surface area contributed by atoms with Crippen LogP contribution in [0.15, 0.2) is 12.2 Å². The van der Waals surface area contributed by atoms with Crippen molar-refractivity contribution < 1.29 is 4.79 Å². The molecule has 1 aliphatic carbocycles. The fraction of sp³-hybridized carbons (Fsp3) is 0.750. The summed E-state index contributed by atoms with van der Waals surface area (Å²) in [5, 5.41) is 0. The van der Waals surface area contributed by atoms with Crippen LogP contribution in [0, 0.1) is 5.92 Å². The monoisotopic (exact) mass is 193 g/mol. The van der Waals surface area contributed by atoms with Crippen molar-refractivity contribution in [2.24, 2.45) is 5.92 Å². The van der Waals surface area contributed by atoms with Gasteiger partial charge in [-0.1, -0.05) is 12.2 Å². The van der Waals surface area contributed by atoms with Gasteiger partial charge in [0.25, 0.3) is 0 Å². The third-order valence-electron chi connectivity index (χ3n) is 3.31. The molecule has 1 fully saturated rings. The Morgan fingerprint density at radius 3 is 2.71 bits per heavy atom. The molecule has 0 N–H and O–H groups in total. The summed E-state index contributed by atoms with van der Waals surface area (Å²) < 4.78 is 0. The minimum Gasteiger partial charge on any atom is -0.302 e. The molecule has 0 aromatic rings. The number of ketones is 1. The van der Waals surface area contributed by atoms with Gasteiger partial charge in [0.15, 0.2) is 0 Å². The molecule has 0 amide bonds. The zero-order valence-electron chi connectivity index (χ0n) is 8.74. The number of Topliss-reactive ketones (excluding diaryl/α,β-unsaturated/α-hetero) is 1. The summed E-state index contributed by atoms with van der Waals surface area (Å²) in [4.78, 5) is 13.5. The maximum absolute atomic E-state index is 11.1. The highest BCUT2D eigenvalue weighted by Gasteiger charge is 2.19. The summed E-state index contributed by atoms with van der Waals surface area (Å²) in [7, 11) is 0. The Labute approximate surface area is 86.0 Å². The Morgan fingerprint density at radius 2 is 2.07 bits per heavy atom. The molecule has 0 spiro atoms. The van der Waals surface area contributed by atoms with Crippen molar-refractivity contribution in [1.29, 1.82) is 0 Å². The van der Waals surface area contributed by atoms with E-state index >= 15 is 0 Å². The average Bonchev–Trinajstić information content (AvgIpc) is 2.23. The number of rotatable bonds is 2. The number of likely N-dealkylation sites (tertiary alicyclic amines) is 1. The first kappa shape index (κ1) is 9.91. The van der Waals surface area contributed by atoms with Crippen molar-refractivity contribution in [3.8, 4) is 0 Å². The quantitative estimate of drug-likeness (QED) is 0.625. The fourth-order valence-corrected chi connectivity index (χ4v) is 2.37. The molecule has 1 unspecified atom stereocenters. The molecule has 14 heavy (non-hydrogen) atoms. The van der Waals surface area contributed by atoms with Crippen molar-refractivity contribution in [3.05, 3.63) is 12.2 Å². The van der Waals surface area contributed by atoms with Crippen LogP contribution in [0.25, 0.3) is 0 Å². The molecule has 1 saturated heterocycles. The molecule has 2 heteroatoms. The molecule has 0 saturated carbocycles. The average molecular weight is 193 g/mol. The molecular formula is C12H19NO. The van der Waals surface area contributed by atoms with E-state index in [1.807, 2.05) is 0 Å². The second-order valence-electron chi connectivity index (χ2n) is 4.49. The van der Waals surface area contributed by atoms with Gasteiger partial charge in [0.1, 0.15) is 5.78 Å². The Balaban J connectivity index is 1.74. The summed E-state index contributed by atoms with van der Waals surface area (Å²) in [6.07, 6.45) is 9.98. The topological polar surface area (TPSA) is 20.3 Å². The molecular weight excluding hydrogens is 174 g/mol. The Bertz CT molecular complexity index is 224. The fourth-order valence-electron chi connectivity index (χ4n) is 2.37. The van der Waals surface area contributed by atoms with E-state index in [-0.39, 0.29) is 0 Å². The number of carbonyl (C=O) groups excluding carboxylic acids is 1. The third-order valence-corrected chi connectivity index (χ3v) is 3.31. The number of nitrogens with zero attached hydrogens (tertiary/aromatic N) is 1. The van der Waals surface area contributed by atoms with Gasteiger partial charge in [-0.2, -0.15) is 0 Å². The smallest absolute Gasteiger partial charge is 0.135 e. The molecule has 0 bridgehead atoms. The SMILES string of the molecule is O=C1CCN(CC2CC=CCC2)CC1. The minimum absolute atomic E-state index is 0.449. The van der Waals surface area contributed by atoms with Gasteiger partial charge in [-0.25, -0.2) is 0 Å². The third kappa shape index (κ3) is 2.68. The molecule has 2 nitrogen and oxygen atoms in total. The highest BCUT2D eigenvalue weighted by atomic mass is 16.1. The second kappa shape index (κ2) is 4.74. The standard InChI is InChI=1S/C12H19NO/c14-12-6-8-13(9-7-12)10-11-4-2-1-3-5-11/h1-2,11H,3-10H2. The zero-order valence-corrected chi connectivity index (χ0v) is 8.74. The van der Waals surface area contributed by atoms with E-state index in [1.165, 1.54) is 25.8 Å². The predicted molar refractivity (Wildman–Crippen MR) is 57.2 cm³/mol. The number of carbonyl (C=O) groups is 1. The van der Waals surface area contributed by atoms with Crippen molar-refractivity contribution in [2.45, 2.75) is 32.1 Å². The van der Waals surface area contributed by atoms with Crippen LogP contribution < -0.4 is 0 Å². The summed E-state index contributed by atoms with van der Waals surface area (Å²) in [5.41, 5.74) is 0. The number of allylic oxidation sites excluding steroid dienone is 2. The number of hydrogen-bond acceptors (Lipinski definition) is 2. The van der Waals surface area contributed by atoms with E-state index in [0.717, 1.165) is 31.8 Å². The zero-order chi connectivity index (χ0) is 9.80. The van der Waals surface area contributed by atoms with E-state index in [2.05, 4.69) is 17.1 Å². The molecule has 78 valence electrons.